The van der Waals surface area contributed by atoms with E-state index in [1.54, 1.807) is 7.11 Å². The highest BCUT2D eigenvalue weighted by atomic mass is 32.1. The number of aliphatic hydroxyl groups excluding tert-OH is 6. The summed E-state index contributed by atoms with van der Waals surface area (Å²) in [7, 11) is 1.60. The normalized spacial score (nSPS) is 24.9. The average Bonchev–Trinajstić information content (AvgIpc) is 1.88. The van der Waals surface area contributed by atoms with Crippen LogP contribution in [0, 0.1) is 5.92 Å². The zero-order valence-electron chi connectivity index (χ0n) is 49.6. The number of fused-ring (bicyclic) bond motifs is 2. The van der Waals surface area contributed by atoms with E-state index in [4.69, 9.17) is 25.7 Å². The largest absolute Gasteiger partial charge is 0.504 e. The number of nitrogens with one attached hydrogen (secondary N) is 5. The first-order chi connectivity index (χ1) is 43.1. The number of aliphatic hydroxyl groups is 6. The number of methoxy groups -OCH3 is 1. The third-order valence-electron chi connectivity index (χ3n) is 15.6. The van der Waals surface area contributed by atoms with E-state index in [9.17, 15) is 69.3 Å². The molecule has 7 amide bonds. The van der Waals surface area contributed by atoms with Crippen molar-refractivity contribution in [1.82, 2.24) is 51.6 Å². The van der Waals surface area contributed by atoms with Crippen molar-refractivity contribution in [2.45, 2.75) is 112 Å². The summed E-state index contributed by atoms with van der Waals surface area (Å²) in [6.07, 6.45) is -10.8. The summed E-state index contributed by atoms with van der Waals surface area (Å²) in [6, 6.07) is 11.2. The van der Waals surface area contributed by atoms with Crippen molar-refractivity contribution in [2.24, 2.45) is 17.4 Å². The number of phenolic OH excluding ortho intramolecular Hbond substituents is 1. The molecule has 3 aliphatic rings. The van der Waals surface area contributed by atoms with E-state index < -0.39 is 152 Å². The van der Waals surface area contributed by atoms with E-state index >= 15 is 0 Å². The molecule has 30 heteroatoms. The summed E-state index contributed by atoms with van der Waals surface area (Å²) in [5, 5.41) is 101. The number of carbonyl (C=O) groups excluding carboxylic acids is 7. The van der Waals surface area contributed by atoms with Crippen molar-refractivity contribution in [2.75, 3.05) is 59.7 Å². The van der Waals surface area contributed by atoms with Crippen molar-refractivity contribution in [3.63, 3.8) is 0 Å². The van der Waals surface area contributed by atoms with Gasteiger partial charge in [-0.05, 0) is 73.0 Å². The minimum Gasteiger partial charge on any atom is -0.504 e. The summed E-state index contributed by atoms with van der Waals surface area (Å²) >= 11 is 1.24. The predicted octanol–water partition coefficient (Wildman–Crippen LogP) is -2.70. The molecule has 0 radical (unpaired) electrons. The minimum absolute atomic E-state index is 0.00966. The highest BCUT2D eigenvalue weighted by molar-refractivity contribution is 7.17. The second kappa shape index (κ2) is 30.9. The number of benzene rings is 3. The SMILES string of the molecule is COCCOc1ccc(-c2ccc(-c3nnc(-c4ccc(C(=O)NC5C[C@@H](O)CNC(=O)[C@@H]6[C@@H](O)[C@@H](C)CN6C(=O)[C@H]([C@H](O)CCN)NC(=O)[C@H]([C@H](O)Cc6ccc(O)c(OCCN)c6)NC(=O)[C@@H]6C[C@@H](O)CN6C(=O)[C@H]([C@@H](C)O)NC5=O)cn4)s3)cc2)cc1. The Bertz CT molecular complexity index is 3310. The van der Waals surface area contributed by atoms with Crippen molar-refractivity contribution in [3.05, 3.63) is 96.2 Å². The molecule has 8 rings (SSSR count). The molecular formula is C60H76N12O17S. The van der Waals surface area contributed by atoms with Gasteiger partial charge in [0.25, 0.3) is 5.91 Å². The van der Waals surface area contributed by atoms with Crippen LogP contribution in [0.25, 0.3) is 32.4 Å². The fourth-order valence-corrected chi connectivity index (χ4v) is 11.5. The van der Waals surface area contributed by atoms with Gasteiger partial charge in [-0.15, -0.1) is 10.2 Å². The van der Waals surface area contributed by atoms with Crippen LogP contribution in [-0.2, 0) is 39.9 Å². The molecule has 0 spiro atoms. The number of nitrogens with zero attached hydrogens (tertiary/aromatic N) is 5. The maximum Gasteiger partial charge on any atom is 0.253 e. The van der Waals surface area contributed by atoms with Crippen LogP contribution < -0.4 is 47.5 Å². The molecule has 2 aromatic heterocycles. The molecule has 16 N–H and O–H groups in total. The summed E-state index contributed by atoms with van der Waals surface area (Å²) in [4.78, 5) is 107. The number of nitrogens with two attached hydrogens (primary N) is 2. The molecule has 3 aliphatic heterocycles. The number of rotatable bonds is 19. The predicted molar refractivity (Wildman–Crippen MR) is 323 cm³/mol. The standard InChI is InChI=1S/C60H76N12O17S/c1-30-28-72-50(51(30)79)56(84)64-27-37(74)24-41(65-52(80)36-11-14-40(63-26-36)58-70-69-57(90-58)35-7-5-33(6-8-35)34-9-12-39(13-10-34)88-21-20-87-3)53(81)66-47(31(2)73)59(85)71-29-38(75)25-42(71)54(82)67-48(55(83)68-49(60(72)86)44(77)16-17-61)45(78)22-32-4-15-43(76)46(23-32)89-19-18-62/h4-15,23,26,30-31,37-38,41-42,44-45,47-51,73-79H,16-22,24-25,27-29,61-62H2,1-3H3,(H,64,84)(H,65,80)(H,66,81)(H,67,82)(H,68,83)/t30-,31+,37+,38+,41?,42-,44+,45+,47-,48-,49-,50-,51-/m0/s1. The Morgan fingerprint density at radius 2 is 1.39 bits per heavy atom. The third-order valence-corrected chi connectivity index (χ3v) is 16.6. The lowest BCUT2D eigenvalue weighted by molar-refractivity contribution is -0.147. The molecule has 5 heterocycles. The van der Waals surface area contributed by atoms with E-state index in [2.05, 4.69) is 41.8 Å². The van der Waals surface area contributed by atoms with Gasteiger partial charge < -0.3 is 97.8 Å². The van der Waals surface area contributed by atoms with E-state index in [0.29, 0.717) is 28.9 Å². The lowest BCUT2D eigenvalue weighted by Gasteiger charge is -2.34. The molecule has 3 fully saturated rings. The zero-order chi connectivity index (χ0) is 64.9. The van der Waals surface area contributed by atoms with Gasteiger partial charge in [0, 0.05) is 70.2 Å². The van der Waals surface area contributed by atoms with Crippen LogP contribution >= 0.6 is 11.3 Å². The number of pyridine rings is 1. The number of carbonyl (C=O) groups is 7. The van der Waals surface area contributed by atoms with Gasteiger partial charge in [-0.25, -0.2) is 0 Å². The van der Waals surface area contributed by atoms with Gasteiger partial charge in [0.1, 0.15) is 65.9 Å². The quantitative estimate of drug-likeness (QED) is 0.0374. The Kier molecular flexibility index (Phi) is 23.3. The zero-order valence-corrected chi connectivity index (χ0v) is 50.4. The summed E-state index contributed by atoms with van der Waals surface area (Å²) in [5.41, 5.74) is 14.6. The molecule has 1 unspecified atom stereocenters. The van der Waals surface area contributed by atoms with Crippen LogP contribution in [0.3, 0.4) is 0 Å². The van der Waals surface area contributed by atoms with Gasteiger partial charge in [-0.3, -0.25) is 38.5 Å². The third kappa shape index (κ3) is 16.6. The van der Waals surface area contributed by atoms with Crippen LogP contribution in [0.2, 0.25) is 0 Å². The Balaban J connectivity index is 1.06. The lowest BCUT2D eigenvalue weighted by atomic mass is 9.98. The number of β-amino-alcohol motifs (C(OH)–C–C–N with tert-alkyl or cyclic N) is 1. The molecule has 0 bridgehead atoms. The fourth-order valence-electron chi connectivity index (χ4n) is 10.7. The number of aromatic hydroxyl groups is 1. The number of hydrogen-bond acceptors (Lipinski definition) is 23. The van der Waals surface area contributed by atoms with Crippen LogP contribution in [-0.4, -0.2) is 235 Å². The van der Waals surface area contributed by atoms with Crippen molar-refractivity contribution in [1.29, 1.82) is 0 Å². The van der Waals surface area contributed by atoms with Gasteiger partial charge in [0.2, 0.25) is 35.4 Å². The van der Waals surface area contributed by atoms with Crippen LogP contribution in [0.15, 0.2) is 85.1 Å². The van der Waals surface area contributed by atoms with Crippen molar-refractivity contribution >= 4 is 52.7 Å². The smallest absolute Gasteiger partial charge is 0.253 e. The second-order valence-corrected chi connectivity index (χ2v) is 23.3. The molecule has 3 aromatic carbocycles. The molecule has 0 saturated carbocycles. The number of ether oxygens (including phenoxy) is 3. The van der Waals surface area contributed by atoms with E-state index in [-0.39, 0.29) is 55.3 Å². The molecular weight excluding hydrogens is 1190 g/mol. The van der Waals surface area contributed by atoms with E-state index in [1.807, 2.05) is 48.5 Å². The number of hydrogen-bond donors (Lipinski definition) is 14. The van der Waals surface area contributed by atoms with Gasteiger partial charge in [-0.2, -0.15) is 0 Å². The molecule has 3 saturated heterocycles. The minimum atomic E-state index is -2.05. The molecule has 13 atom stereocenters. The van der Waals surface area contributed by atoms with Gasteiger partial charge >= 0.3 is 0 Å². The molecule has 484 valence electrons. The van der Waals surface area contributed by atoms with Crippen LogP contribution in [0.1, 0.15) is 49.0 Å². The molecule has 29 nitrogen and oxygen atoms in total. The van der Waals surface area contributed by atoms with E-state index in [0.717, 1.165) is 39.2 Å². The first-order valence-corrected chi connectivity index (χ1v) is 30.1. The van der Waals surface area contributed by atoms with Crippen molar-refractivity contribution < 1.29 is 83.5 Å². The first-order valence-electron chi connectivity index (χ1n) is 29.3. The fraction of sp³-hybridized carbons (Fsp3) is 0.467. The highest BCUT2D eigenvalue weighted by Gasteiger charge is 2.50. The average molecular weight is 1270 g/mol. The summed E-state index contributed by atoms with van der Waals surface area (Å²) < 4.78 is 16.2. The van der Waals surface area contributed by atoms with Crippen LogP contribution in [0.4, 0.5) is 0 Å². The number of phenols is 1. The monoisotopic (exact) mass is 1270 g/mol. The topological polar surface area (TPSA) is 446 Å². The Labute approximate surface area is 521 Å². The Hall–Kier alpha value is -8.30. The number of aromatic nitrogens is 3. The van der Waals surface area contributed by atoms with Crippen molar-refractivity contribution in [3.8, 4) is 49.6 Å². The number of amides is 7. The maximum absolute atomic E-state index is 14.7. The lowest BCUT2D eigenvalue weighted by Crippen LogP contribution is -2.64. The van der Waals surface area contributed by atoms with Crippen LogP contribution in [0.5, 0.6) is 17.2 Å². The van der Waals surface area contributed by atoms with Gasteiger partial charge in [-0.1, -0.05) is 60.7 Å². The summed E-state index contributed by atoms with van der Waals surface area (Å²) in [6.45, 7) is 1.89. The first kappa shape index (κ1) is 67.6. The van der Waals surface area contributed by atoms with Gasteiger partial charge in [0.15, 0.2) is 16.5 Å². The summed E-state index contributed by atoms with van der Waals surface area (Å²) in [5.74, 6) is -8.11. The Morgan fingerprint density at radius 3 is 2.06 bits per heavy atom. The van der Waals surface area contributed by atoms with Gasteiger partial charge in [0.05, 0.1) is 48.8 Å². The van der Waals surface area contributed by atoms with E-state index in [1.165, 1.54) is 54.8 Å². The molecule has 5 aromatic rings. The second-order valence-electron chi connectivity index (χ2n) is 22.3. The molecule has 0 aliphatic carbocycles. The highest BCUT2D eigenvalue weighted by Crippen LogP contribution is 2.33. The maximum atomic E-state index is 14.7. The molecule has 90 heavy (non-hydrogen) atoms. The Morgan fingerprint density at radius 1 is 0.722 bits per heavy atom.